The molecule has 0 fully saturated rings. The van der Waals surface area contributed by atoms with Gasteiger partial charge in [0.25, 0.3) is 10.0 Å². The molecule has 0 atom stereocenters. The Bertz CT molecular complexity index is 1720. The summed E-state index contributed by atoms with van der Waals surface area (Å²) in [6.07, 6.45) is 3.63. The second-order valence-corrected chi connectivity index (χ2v) is 12.6. The Morgan fingerprint density at radius 2 is 1.82 bits per heavy atom. The van der Waals surface area contributed by atoms with E-state index in [2.05, 4.69) is 55.6 Å². The van der Waals surface area contributed by atoms with Crippen LogP contribution in [0, 0.1) is 5.13 Å². The number of carbonyl (C=O) groups excluding carboxylic acids is 1. The van der Waals surface area contributed by atoms with Crippen LogP contribution in [0.25, 0.3) is 22.0 Å². The number of anilines is 1. The Morgan fingerprint density at radius 3 is 2.62 bits per heavy atom. The van der Waals surface area contributed by atoms with Gasteiger partial charge in [0.1, 0.15) is 15.1 Å². The lowest BCUT2D eigenvalue weighted by molar-refractivity contribution is -0.109. The van der Waals surface area contributed by atoms with Crippen LogP contribution in [0.1, 0.15) is 11.1 Å². The second kappa shape index (κ2) is 12.0. The van der Waals surface area contributed by atoms with Gasteiger partial charge in [0.15, 0.2) is 5.13 Å². The third kappa shape index (κ3) is 6.47. The minimum Gasteiger partial charge on any atom is -0.358 e. The number of hydrogen-bond acceptors (Lipinski definition) is 7. The molecule has 200 valence electrons. The van der Waals surface area contributed by atoms with Crippen molar-refractivity contribution in [3.63, 3.8) is 0 Å². The van der Waals surface area contributed by atoms with Crippen LogP contribution in [0.4, 0.5) is 10.2 Å². The fraction of sp³-hybridized carbons (Fsp3) is 0.148. The van der Waals surface area contributed by atoms with Gasteiger partial charge < -0.3 is 5.32 Å². The number of aromatic amines is 1. The van der Waals surface area contributed by atoms with Crippen molar-refractivity contribution in [3.05, 3.63) is 89.2 Å². The van der Waals surface area contributed by atoms with E-state index in [9.17, 15) is 17.6 Å². The number of thiophene rings is 1. The summed E-state index contributed by atoms with van der Waals surface area (Å²) in [5, 5.41) is 12.2. The second-order valence-electron chi connectivity index (χ2n) is 8.59. The van der Waals surface area contributed by atoms with Gasteiger partial charge in [-0.1, -0.05) is 53.8 Å². The van der Waals surface area contributed by atoms with Crippen molar-refractivity contribution in [3.8, 4) is 11.3 Å². The van der Waals surface area contributed by atoms with Crippen LogP contribution < -0.4 is 10.0 Å². The van der Waals surface area contributed by atoms with Crippen molar-refractivity contribution in [1.82, 2.24) is 20.5 Å². The molecule has 2 aromatic carbocycles. The van der Waals surface area contributed by atoms with E-state index >= 15 is 0 Å². The maximum atomic E-state index is 13.5. The summed E-state index contributed by atoms with van der Waals surface area (Å²) in [5.74, 6) is 0.842. The molecule has 0 saturated carbocycles. The first-order chi connectivity index (χ1) is 18.9. The summed E-state index contributed by atoms with van der Waals surface area (Å²) in [7, 11) is -4.05. The van der Waals surface area contributed by atoms with E-state index in [1.165, 1.54) is 34.2 Å². The summed E-state index contributed by atoms with van der Waals surface area (Å²) >= 11 is 2.02. The number of sulfonamides is 1. The quantitative estimate of drug-likeness (QED) is 0.105. The number of nitrogens with zero attached hydrogens (tertiary/aromatic N) is 2. The molecule has 12 heteroatoms. The van der Waals surface area contributed by atoms with Gasteiger partial charge in [-0.05, 0) is 59.0 Å². The molecule has 1 amide bonds. The van der Waals surface area contributed by atoms with Crippen LogP contribution in [0.2, 0.25) is 0 Å². The Labute approximate surface area is 233 Å². The molecular weight excluding hydrogens is 558 g/mol. The number of rotatable bonds is 12. The Kier molecular flexibility index (Phi) is 8.24. The van der Waals surface area contributed by atoms with Crippen molar-refractivity contribution < 1.29 is 17.6 Å². The molecule has 0 radical (unpaired) electrons. The highest BCUT2D eigenvalue weighted by Gasteiger charge is 2.24. The molecule has 0 spiro atoms. The van der Waals surface area contributed by atoms with Crippen LogP contribution in [-0.4, -0.2) is 42.3 Å². The molecule has 0 saturated heterocycles. The van der Waals surface area contributed by atoms with Crippen LogP contribution in [0.5, 0.6) is 0 Å². The summed E-state index contributed by atoms with van der Waals surface area (Å²) < 4.78 is 41.9. The fourth-order valence-corrected chi connectivity index (χ4v) is 7.09. The van der Waals surface area contributed by atoms with Crippen LogP contribution in [0.3, 0.4) is 0 Å². The zero-order valence-corrected chi connectivity index (χ0v) is 23.0. The maximum absolute atomic E-state index is 13.5. The first-order valence-electron chi connectivity index (χ1n) is 12.0. The van der Waals surface area contributed by atoms with E-state index < -0.39 is 15.2 Å². The number of H-pyrrole nitrogens is 1. The SMILES string of the molecule is O=CNCCc1ccnc(-c2c(SCCc3ccc4ccccc4c3)n[nH]c2NS(=O)(=O)c2ccc(F)s2)c1. The molecule has 0 aliphatic carbocycles. The van der Waals surface area contributed by atoms with Gasteiger partial charge in [-0.15, -0.1) is 11.8 Å². The van der Waals surface area contributed by atoms with Gasteiger partial charge in [0.05, 0.1) is 11.3 Å². The van der Waals surface area contributed by atoms with E-state index in [4.69, 9.17) is 0 Å². The molecule has 0 aliphatic rings. The normalized spacial score (nSPS) is 11.5. The zero-order chi connectivity index (χ0) is 27.2. The molecule has 5 aromatic rings. The number of fused-ring (bicyclic) bond motifs is 1. The molecule has 3 heterocycles. The van der Waals surface area contributed by atoms with Crippen LogP contribution in [0.15, 0.2) is 82.2 Å². The van der Waals surface area contributed by atoms with Gasteiger partial charge in [-0.2, -0.15) is 9.49 Å². The van der Waals surface area contributed by atoms with Crippen LogP contribution in [-0.2, 0) is 27.7 Å². The van der Waals surface area contributed by atoms with E-state index in [-0.39, 0.29) is 10.0 Å². The van der Waals surface area contributed by atoms with Crippen LogP contribution >= 0.6 is 23.1 Å². The smallest absolute Gasteiger partial charge is 0.272 e. The number of pyridine rings is 1. The molecule has 3 aromatic heterocycles. The van der Waals surface area contributed by atoms with E-state index in [1.54, 1.807) is 6.20 Å². The Balaban J connectivity index is 1.42. The van der Waals surface area contributed by atoms with Crippen molar-refractivity contribution in [1.29, 1.82) is 0 Å². The lowest BCUT2D eigenvalue weighted by atomic mass is 10.1. The predicted molar refractivity (Wildman–Crippen MR) is 153 cm³/mol. The number of carbonyl (C=O) groups is 1. The standard InChI is InChI=1S/C27H24FN5O3S3/c28-23-7-8-24(38-23)39(35,36)33-26-25(22-16-19(10-13-30-22)9-12-29-17-34)27(32-31-26)37-14-11-18-5-6-20-3-1-2-4-21(20)15-18/h1-8,10,13,15-17H,9,11-12,14H2,(H,29,34)(H2,31,32,33). The number of aromatic nitrogens is 3. The summed E-state index contributed by atoms with van der Waals surface area (Å²) in [6.45, 7) is 0.454. The average Bonchev–Trinajstić information content (AvgIpc) is 3.55. The number of benzene rings is 2. The minimum atomic E-state index is -4.05. The molecule has 0 aliphatic heterocycles. The zero-order valence-electron chi connectivity index (χ0n) is 20.6. The largest absolute Gasteiger partial charge is 0.358 e. The van der Waals surface area contributed by atoms with Crippen molar-refractivity contribution in [2.24, 2.45) is 0 Å². The van der Waals surface area contributed by atoms with E-state index in [1.807, 2.05) is 24.3 Å². The Hall–Kier alpha value is -3.74. The highest BCUT2D eigenvalue weighted by molar-refractivity contribution is 7.99. The Morgan fingerprint density at radius 1 is 1.00 bits per heavy atom. The van der Waals surface area contributed by atoms with Gasteiger partial charge >= 0.3 is 0 Å². The number of aryl methyl sites for hydroxylation is 1. The summed E-state index contributed by atoms with van der Waals surface area (Å²) in [6, 6.07) is 20.6. The van der Waals surface area contributed by atoms with Gasteiger partial charge in [0.2, 0.25) is 6.41 Å². The van der Waals surface area contributed by atoms with E-state index in [0.29, 0.717) is 52.7 Å². The average molecular weight is 582 g/mol. The number of halogens is 1. The number of thioether (sulfide) groups is 1. The number of nitrogens with one attached hydrogen (secondary N) is 3. The molecule has 0 unspecified atom stereocenters. The summed E-state index contributed by atoms with van der Waals surface area (Å²) in [5.41, 5.74) is 3.12. The van der Waals surface area contributed by atoms with Crippen molar-refractivity contribution in [2.75, 3.05) is 17.0 Å². The van der Waals surface area contributed by atoms with Crippen molar-refractivity contribution in [2.45, 2.75) is 22.1 Å². The summed E-state index contributed by atoms with van der Waals surface area (Å²) in [4.78, 5) is 15.1. The monoisotopic (exact) mass is 581 g/mol. The maximum Gasteiger partial charge on any atom is 0.272 e. The lowest BCUT2D eigenvalue weighted by Gasteiger charge is -2.10. The number of hydrogen-bond donors (Lipinski definition) is 3. The molecule has 0 bridgehead atoms. The lowest BCUT2D eigenvalue weighted by Crippen LogP contribution is -2.14. The van der Waals surface area contributed by atoms with E-state index in [0.717, 1.165) is 18.1 Å². The first-order valence-corrected chi connectivity index (χ1v) is 15.3. The topological polar surface area (TPSA) is 117 Å². The first kappa shape index (κ1) is 26.9. The molecule has 5 rings (SSSR count). The molecule has 39 heavy (non-hydrogen) atoms. The molecular formula is C27H24FN5O3S3. The third-order valence-corrected chi connectivity index (χ3v) is 9.64. The molecule has 3 N–H and O–H groups in total. The fourth-order valence-electron chi connectivity index (χ4n) is 4.07. The van der Waals surface area contributed by atoms with Gasteiger partial charge in [0, 0.05) is 18.5 Å². The van der Waals surface area contributed by atoms with Gasteiger partial charge in [-0.3, -0.25) is 19.6 Å². The minimum absolute atomic E-state index is 0.146. The van der Waals surface area contributed by atoms with Gasteiger partial charge in [-0.25, -0.2) is 8.42 Å². The third-order valence-electron chi connectivity index (χ3n) is 5.95. The highest BCUT2D eigenvalue weighted by Crippen LogP contribution is 2.37. The molecule has 8 nitrogen and oxygen atoms in total. The van der Waals surface area contributed by atoms with Crippen molar-refractivity contribution >= 4 is 56.1 Å². The highest BCUT2D eigenvalue weighted by atomic mass is 32.2. The predicted octanol–water partition coefficient (Wildman–Crippen LogP) is 5.25. The number of amides is 1.